The topological polar surface area (TPSA) is 134 Å². The first-order valence-electron chi connectivity index (χ1n) is 23.8. The number of aliphatic hydroxyl groups is 2. The number of allylic oxidation sites excluding steroid dienone is 1. The zero-order chi connectivity index (χ0) is 43.2. The molecule has 4 aromatic rings. The monoisotopic (exact) mass is 847 g/mol. The summed E-state index contributed by atoms with van der Waals surface area (Å²) in [7, 11) is 0. The summed E-state index contributed by atoms with van der Waals surface area (Å²) in [4.78, 5) is 32.4. The molecule has 4 aliphatic carbocycles. The van der Waals surface area contributed by atoms with E-state index in [1.54, 1.807) is 42.9 Å². The van der Waals surface area contributed by atoms with Crippen LogP contribution in [0.25, 0.3) is 16.9 Å². The number of ether oxygens (including phenoxy) is 1. The van der Waals surface area contributed by atoms with Crippen LogP contribution in [0.4, 0.5) is 17.3 Å². The molecule has 5 aliphatic rings. The van der Waals surface area contributed by atoms with Crippen molar-refractivity contribution in [2.75, 3.05) is 49.5 Å². The summed E-state index contributed by atoms with van der Waals surface area (Å²) in [6, 6.07) is 13.8. The largest absolute Gasteiger partial charge is 0.393 e. The highest BCUT2D eigenvalue weighted by Gasteiger charge is 2.60. The van der Waals surface area contributed by atoms with E-state index in [0.717, 1.165) is 88.0 Å². The summed E-state index contributed by atoms with van der Waals surface area (Å²) in [5, 5.41) is 24.7. The number of rotatable bonds is 14. The standard InChI is InChI=1S/C50H70N8O4/c1-6-25-57-46(60)39-33-51-47(54-45(39)58(57)44-12-10-11-42(53-44)48(2,3)61)52-35-14-16-36(17-15-35)56-29-27-55(28-30-56)26-8-7-9-31-62-43-20-19-40-38-18-13-34-32-37(59)21-23-49(34,4)41(38)22-24-50(40,43)5/h6,10-12,14-17,33-34,37-38,40-41,43,59,61H,1,7-9,13,18-32H2,2-5H3,(H,51,52,54)/t34-,37?,38-,40-,41-,43-,49-,50-/m0/s1. The lowest BCUT2D eigenvalue weighted by atomic mass is 9.45. The minimum absolute atomic E-state index is 0.0642. The predicted molar refractivity (Wildman–Crippen MR) is 246 cm³/mol. The zero-order valence-corrected chi connectivity index (χ0v) is 37.6. The lowest BCUT2D eigenvalue weighted by molar-refractivity contribution is -0.141. The van der Waals surface area contributed by atoms with Gasteiger partial charge in [0, 0.05) is 50.4 Å². The normalized spacial score (nSPS) is 30.2. The Kier molecular flexibility index (Phi) is 12.2. The predicted octanol–water partition coefficient (Wildman–Crippen LogP) is 8.22. The number of anilines is 3. The summed E-state index contributed by atoms with van der Waals surface area (Å²) in [6.07, 6.45) is 18.4. The molecule has 4 heterocycles. The molecule has 3 N–H and O–H groups in total. The molecule has 62 heavy (non-hydrogen) atoms. The summed E-state index contributed by atoms with van der Waals surface area (Å²) < 4.78 is 9.97. The molecule has 1 saturated heterocycles. The quantitative estimate of drug-likeness (QED) is 0.0843. The molecule has 12 nitrogen and oxygen atoms in total. The Morgan fingerprint density at radius 3 is 2.47 bits per heavy atom. The first-order valence-corrected chi connectivity index (χ1v) is 23.8. The van der Waals surface area contributed by atoms with Crippen molar-refractivity contribution in [3.63, 3.8) is 0 Å². The molecule has 0 spiro atoms. The van der Waals surface area contributed by atoms with E-state index in [9.17, 15) is 15.0 Å². The summed E-state index contributed by atoms with van der Waals surface area (Å²) >= 11 is 0. The molecule has 8 atom stereocenters. The molecule has 12 heteroatoms. The smallest absolute Gasteiger partial charge is 0.278 e. The van der Waals surface area contributed by atoms with Crippen LogP contribution < -0.4 is 15.8 Å². The molecule has 0 bridgehead atoms. The van der Waals surface area contributed by atoms with E-state index in [4.69, 9.17) is 9.72 Å². The highest BCUT2D eigenvalue weighted by atomic mass is 16.5. The third-order valence-corrected chi connectivity index (χ3v) is 16.4. The van der Waals surface area contributed by atoms with Gasteiger partial charge in [0.05, 0.1) is 24.4 Å². The molecular formula is C50H70N8O4. The van der Waals surface area contributed by atoms with Crippen LogP contribution in [0.1, 0.15) is 110 Å². The highest BCUT2D eigenvalue weighted by Crippen LogP contribution is 2.66. The van der Waals surface area contributed by atoms with Crippen LogP contribution >= 0.6 is 0 Å². The van der Waals surface area contributed by atoms with Gasteiger partial charge in [0.25, 0.3) is 5.56 Å². The van der Waals surface area contributed by atoms with E-state index in [0.29, 0.717) is 45.4 Å². The van der Waals surface area contributed by atoms with E-state index in [-0.39, 0.29) is 18.2 Å². The summed E-state index contributed by atoms with van der Waals surface area (Å²) in [5.41, 5.74) is 2.34. The van der Waals surface area contributed by atoms with Gasteiger partial charge >= 0.3 is 0 Å². The van der Waals surface area contributed by atoms with Gasteiger partial charge in [-0.2, -0.15) is 4.98 Å². The average molecular weight is 847 g/mol. The number of fused-ring (bicyclic) bond motifs is 6. The van der Waals surface area contributed by atoms with Crippen molar-refractivity contribution in [3.05, 3.63) is 77.4 Å². The molecule has 3 aromatic heterocycles. The van der Waals surface area contributed by atoms with E-state index in [2.05, 4.69) is 57.6 Å². The SMILES string of the molecule is C=CCn1c(=O)c2cnc(Nc3ccc(N4CCN(CCCCCO[C@H]5CC[C@H]6[C@@H]7CC[C@H]8CC(O)CC[C@]8(C)[C@H]7CC[C@]56C)CC4)cc3)nc2n1-c1cccc(C(C)(C)O)n1. The third kappa shape index (κ3) is 8.25. The Labute approximate surface area is 367 Å². The molecule has 1 aliphatic heterocycles. The molecule has 334 valence electrons. The van der Waals surface area contributed by atoms with Gasteiger partial charge < -0.3 is 25.2 Å². The van der Waals surface area contributed by atoms with Gasteiger partial charge in [0.1, 0.15) is 11.0 Å². The fourth-order valence-electron chi connectivity index (χ4n) is 12.9. The Balaban J connectivity index is 0.724. The van der Waals surface area contributed by atoms with E-state index in [1.807, 2.05) is 18.2 Å². The molecule has 0 radical (unpaired) electrons. The van der Waals surface area contributed by atoms with Crippen LogP contribution in [0.2, 0.25) is 0 Å². The molecule has 5 fully saturated rings. The van der Waals surface area contributed by atoms with Crippen molar-refractivity contribution in [1.82, 2.24) is 29.2 Å². The van der Waals surface area contributed by atoms with Gasteiger partial charge in [-0.15, -0.1) is 6.58 Å². The van der Waals surface area contributed by atoms with Crippen molar-refractivity contribution in [1.29, 1.82) is 0 Å². The minimum Gasteiger partial charge on any atom is -0.393 e. The third-order valence-electron chi connectivity index (χ3n) is 16.4. The first kappa shape index (κ1) is 43.2. The summed E-state index contributed by atoms with van der Waals surface area (Å²) in [5.74, 6) is 4.09. The number of benzene rings is 1. The minimum atomic E-state index is -1.15. The maximum Gasteiger partial charge on any atom is 0.278 e. The number of hydrogen-bond acceptors (Lipinski definition) is 10. The lowest BCUT2D eigenvalue weighted by Gasteiger charge is -2.60. The van der Waals surface area contributed by atoms with Gasteiger partial charge in [0.15, 0.2) is 11.5 Å². The number of nitrogens with one attached hydrogen (secondary N) is 1. The first-order chi connectivity index (χ1) is 29.9. The number of aliphatic hydroxyl groups excluding tert-OH is 1. The van der Waals surface area contributed by atoms with Crippen LogP contribution in [0.3, 0.4) is 0 Å². The number of aromatic nitrogens is 5. The van der Waals surface area contributed by atoms with Crippen LogP contribution in [0, 0.1) is 34.5 Å². The second-order valence-electron chi connectivity index (χ2n) is 20.5. The van der Waals surface area contributed by atoms with Crippen LogP contribution in [0.5, 0.6) is 0 Å². The molecule has 9 rings (SSSR count). The number of nitrogens with zero attached hydrogens (tertiary/aromatic N) is 7. The van der Waals surface area contributed by atoms with E-state index >= 15 is 0 Å². The Hall–Kier alpha value is -4.10. The van der Waals surface area contributed by atoms with Crippen molar-refractivity contribution in [2.45, 2.75) is 129 Å². The number of piperazine rings is 1. The number of unbranched alkanes of at least 4 members (excludes halogenated alkanes) is 2. The van der Waals surface area contributed by atoms with Crippen molar-refractivity contribution < 1.29 is 14.9 Å². The average Bonchev–Trinajstić information content (AvgIpc) is 3.74. The van der Waals surface area contributed by atoms with Gasteiger partial charge in [-0.05, 0) is 168 Å². The highest BCUT2D eigenvalue weighted by molar-refractivity contribution is 5.77. The molecule has 0 amide bonds. The second-order valence-corrected chi connectivity index (χ2v) is 20.5. The van der Waals surface area contributed by atoms with Crippen LogP contribution in [-0.2, 0) is 16.9 Å². The molecule has 4 saturated carbocycles. The molecule has 1 unspecified atom stereocenters. The zero-order valence-electron chi connectivity index (χ0n) is 37.6. The van der Waals surface area contributed by atoms with Crippen molar-refractivity contribution in [2.24, 2.45) is 34.5 Å². The Morgan fingerprint density at radius 2 is 1.69 bits per heavy atom. The fourth-order valence-corrected chi connectivity index (χ4v) is 12.9. The lowest BCUT2D eigenvalue weighted by Crippen LogP contribution is -2.54. The molecule has 1 aromatic carbocycles. The summed E-state index contributed by atoms with van der Waals surface area (Å²) in [6.45, 7) is 18.8. The van der Waals surface area contributed by atoms with E-state index in [1.165, 1.54) is 68.2 Å². The maximum absolute atomic E-state index is 13.4. The fraction of sp³-hybridized carbons (Fsp3) is 0.640. The van der Waals surface area contributed by atoms with Crippen LogP contribution in [0.15, 0.2) is 66.1 Å². The second kappa shape index (κ2) is 17.5. The van der Waals surface area contributed by atoms with Gasteiger partial charge in [-0.1, -0.05) is 26.0 Å². The van der Waals surface area contributed by atoms with Crippen LogP contribution in [-0.4, -0.2) is 91.0 Å². The maximum atomic E-state index is 13.4. The number of hydrogen-bond donors (Lipinski definition) is 3. The number of pyridine rings is 1. The van der Waals surface area contributed by atoms with Crippen molar-refractivity contribution >= 4 is 28.4 Å². The van der Waals surface area contributed by atoms with Gasteiger partial charge in [0.2, 0.25) is 5.95 Å². The molecular weight excluding hydrogens is 777 g/mol. The Bertz CT molecular complexity index is 2260. The Morgan fingerprint density at radius 1 is 0.919 bits per heavy atom. The van der Waals surface area contributed by atoms with Crippen molar-refractivity contribution in [3.8, 4) is 5.82 Å². The van der Waals surface area contributed by atoms with Gasteiger partial charge in [-0.3, -0.25) is 9.69 Å². The van der Waals surface area contributed by atoms with Gasteiger partial charge in [-0.25, -0.2) is 19.3 Å². The van der Waals surface area contributed by atoms with E-state index < -0.39 is 5.60 Å².